The fraction of sp³-hybridized carbons (Fsp3) is 0.188. The number of amides is 1. The molecule has 0 bridgehead atoms. The number of hydrogen-bond donors (Lipinski definition) is 3. The summed E-state index contributed by atoms with van der Waals surface area (Å²) in [4.78, 5) is 11.2. The number of nitrogens with one attached hydrogen (secondary N) is 1. The molecule has 0 aromatic heterocycles. The molecule has 5 nitrogen and oxygen atoms in total. The molecule has 0 aliphatic rings. The first-order chi connectivity index (χ1) is 10.2. The third kappa shape index (κ3) is 4.59. The Balaban J connectivity index is 1.92. The zero-order chi connectivity index (χ0) is 15.1. The van der Waals surface area contributed by atoms with E-state index in [1.54, 1.807) is 6.07 Å². The molecule has 0 radical (unpaired) electrons. The Bertz CT molecular complexity index is 597. The van der Waals surface area contributed by atoms with Gasteiger partial charge in [0.15, 0.2) is 0 Å². The molecule has 2 aromatic carbocycles. The number of rotatable bonds is 6. The number of hydrogen-bond acceptors (Lipinski definition) is 4. The van der Waals surface area contributed by atoms with Gasteiger partial charge >= 0.3 is 0 Å². The van der Waals surface area contributed by atoms with Crippen LogP contribution in [0.3, 0.4) is 0 Å². The summed E-state index contributed by atoms with van der Waals surface area (Å²) in [5, 5.41) is 9.07. The molecule has 0 heterocycles. The number of nitrogens with two attached hydrogens (primary N) is 1. The molecule has 2 rings (SSSR count). The van der Waals surface area contributed by atoms with Crippen molar-refractivity contribution in [1.82, 2.24) is 5.43 Å². The molecule has 0 aliphatic heterocycles. The first-order valence-electron chi connectivity index (χ1n) is 6.61. The average molecular weight is 286 g/mol. The summed E-state index contributed by atoms with van der Waals surface area (Å²) in [6, 6.07) is 14.9. The number of carbonyl (C=O) groups is 1. The lowest BCUT2D eigenvalue weighted by Crippen LogP contribution is -2.31. The minimum atomic E-state index is -0.222. The van der Waals surface area contributed by atoms with Crippen molar-refractivity contribution in [3.05, 3.63) is 65.2 Å². The van der Waals surface area contributed by atoms with E-state index < -0.39 is 0 Å². The van der Waals surface area contributed by atoms with Gasteiger partial charge in [0.2, 0.25) is 5.91 Å². The van der Waals surface area contributed by atoms with E-state index in [-0.39, 0.29) is 18.9 Å². The summed E-state index contributed by atoms with van der Waals surface area (Å²) in [6.45, 7) is 0.424. The lowest BCUT2D eigenvalue weighted by atomic mass is 10.1. The van der Waals surface area contributed by atoms with Gasteiger partial charge in [0.25, 0.3) is 0 Å². The van der Waals surface area contributed by atoms with Crippen LogP contribution in [0.15, 0.2) is 48.5 Å². The summed E-state index contributed by atoms with van der Waals surface area (Å²) in [5.41, 5.74) is 4.81. The van der Waals surface area contributed by atoms with Crippen LogP contribution in [0.25, 0.3) is 0 Å². The molecule has 0 unspecified atom stereocenters. The smallest absolute Gasteiger partial charge is 0.238 e. The standard InChI is InChI=1S/C16H18N2O3/c17-18-16(20)9-12-4-6-13(7-5-12)11-21-15-3-1-2-14(8-15)10-19/h1-8,19H,9-11,17H2,(H,18,20). The van der Waals surface area contributed by atoms with Crippen LogP contribution >= 0.6 is 0 Å². The average Bonchev–Trinajstić information content (AvgIpc) is 2.54. The highest BCUT2D eigenvalue weighted by molar-refractivity contribution is 5.77. The van der Waals surface area contributed by atoms with Gasteiger partial charge in [-0.2, -0.15) is 0 Å². The van der Waals surface area contributed by atoms with Gasteiger partial charge in [-0.1, -0.05) is 36.4 Å². The maximum absolute atomic E-state index is 11.2. The van der Waals surface area contributed by atoms with Crippen LogP contribution in [0, 0.1) is 0 Å². The number of hydrazine groups is 1. The third-order valence-electron chi connectivity index (χ3n) is 3.04. The number of carbonyl (C=O) groups excluding carboxylic acids is 1. The number of benzene rings is 2. The maximum atomic E-state index is 11.2. The molecule has 0 spiro atoms. The van der Waals surface area contributed by atoms with Gasteiger partial charge in [-0.05, 0) is 28.8 Å². The maximum Gasteiger partial charge on any atom is 0.238 e. The molecule has 0 atom stereocenters. The van der Waals surface area contributed by atoms with Crippen LogP contribution in [0.5, 0.6) is 5.75 Å². The van der Waals surface area contributed by atoms with Crippen molar-refractivity contribution < 1.29 is 14.6 Å². The highest BCUT2D eigenvalue weighted by Crippen LogP contribution is 2.15. The SMILES string of the molecule is NNC(=O)Cc1ccc(COc2cccc(CO)c2)cc1. The van der Waals surface area contributed by atoms with E-state index >= 15 is 0 Å². The number of aliphatic hydroxyl groups is 1. The van der Waals surface area contributed by atoms with E-state index in [0.717, 1.165) is 16.7 Å². The summed E-state index contributed by atoms with van der Waals surface area (Å²) in [5.74, 6) is 5.54. The monoisotopic (exact) mass is 286 g/mol. The molecule has 0 saturated heterocycles. The molecular formula is C16H18N2O3. The second-order valence-corrected chi connectivity index (χ2v) is 4.65. The normalized spacial score (nSPS) is 10.2. The minimum Gasteiger partial charge on any atom is -0.489 e. The van der Waals surface area contributed by atoms with Crippen molar-refractivity contribution in [2.24, 2.45) is 5.84 Å². The quantitative estimate of drug-likeness (QED) is 0.424. The van der Waals surface area contributed by atoms with E-state index in [1.165, 1.54) is 0 Å². The van der Waals surface area contributed by atoms with Crippen LogP contribution in [0.4, 0.5) is 0 Å². The molecule has 2 aromatic rings. The fourth-order valence-electron chi connectivity index (χ4n) is 1.89. The van der Waals surface area contributed by atoms with Crippen molar-refractivity contribution in [1.29, 1.82) is 0 Å². The Morgan fingerprint density at radius 3 is 2.48 bits per heavy atom. The summed E-state index contributed by atoms with van der Waals surface area (Å²) >= 11 is 0. The lowest BCUT2D eigenvalue weighted by Gasteiger charge is -2.08. The van der Waals surface area contributed by atoms with Crippen LogP contribution in [-0.2, 0) is 24.4 Å². The van der Waals surface area contributed by atoms with Gasteiger partial charge in [-0.25, -0.2) is 5.84 Å². The predicted octanol–water partition coefficient (Wildman–Crippen LogP) is 1.29. The Morgan fingerprint density at radius 1 is 1.10 bits per heavy atom. The van der Waals surface area contributed by atoms with Gasteiger partial charge in [0, 0.05) is 0 Å². The first kappa shape index (κ1) is 15.0. The zero-order valence-corrected chi connectivity index (χ0v) is 11.6. The highest BCUT2D eigenvalue weighted by atomic mass is 16.5. The van der Waals surface area contributed by atoms with E-state index in [1.807, 2.05) is 42.5 Å². The van der Waals surface area contributed by atoms with Crippen molar-refractivity contribution in [3.63, 3.8) is 0 Å². The van der Waals surface area contributed by atoms with Gasteiger partial charge in [0.1, 0.15) is 12.4 Å². The Hall–Kier alpha value is -2.37. The van der Waals surface area contributed by atoms with E-state index in [0.29, 0.717) is 12.4 Å². The van der Waals surface area contributed by atoms with Gasteiger partial charge < -0.3 is 9.84 Å². The zero-order valence-electron chi connectivity index (χ0n) is 11.6. The third-order valence-corrected chi connectivity index (χ3v) is 3.04. The Labute approximate surface area is 123 Å². The second kappa shape index (κ2) is 7.42. The van der Waals surface area contributed by atoms with E-state index in [9.17, 15) is 4.79 Å². The van der Waals surface area contributed by atoms with Crippen LogP contribution in [-0.4, -0.2) is 11.0 Å². The van der Waals surface area contributed by atoms with E-state index in [4.69, 9.17) is 15.7 Å². The molecule has 0 fully saturated rings. The minimum absolute atomic E-state index is 0.00486. The number of ether oxygens (including phenoxy) is 1. The van der Waals surface area contributed by atoms with Gasteiger partial charge in [-0.15, -0.1) is 0 Å². The van der Waals surface area contributed by atoms with Crippen LogP contribution in [0.2, 0.25) is 0 Å². The topological polar surface area (TPSA) is 84.6 Å². The highest BCUT2D eigenvalue weighted by Gasteiger charge is 2.02. The van der Waals surface area contributed by atoms with Crippen molar-refractivity contribution in [3.8, 4) is 5.75 Å². The molecule has 21 heavy (non-hydrogen) atoms. The Kier molecular flexibility index (Phi) is 5.31. The first-order valence-corrected chi connectivity index (χ1v) is 6.61. The summed E-state index contributed by atoms with van der Waals surface area (Å²) in [7, 11) is 0. The van der Waals surface area contributed by atoms with Crippen molar-refractivity contribution >= 4 is 5.91 Å². The van der Waals surface area contributed by atoms with Crippen LogP contribution < -0.4 is 16.0 Å². The molecule has 1 amide bonds. The summed E-state index contributed by atoms with van der Waals surface area (Å²) in [6.07, 6.45) is 0.260. The van der Waals surface area contributed by atoms with Crippen molar-refractivity contribution in [2.75, 3.05) is 0 Å². The van der Waals surface area contributed by atoms with Gasteiger partial charge in [0.05, 0.1) is 13.0 Å². The molecule has 4 N–H and O–H groups in total. The molecule has 110 valence electrons. The van der Waals surface area contributed by atoms with Crippen molar-refractivity contribution in [2.45, 2.75) is 19.6 Å². The van der Waals surface area contributed by atoms with Gasteiger partial charge in [-0.3, -0.25) is 10.2 Å². The molecular weight excluding hydrogens is 268 g/mol. The molecule has 5 heteroatoms. The number of aliphatic hydroxyl groups excluding tert-OH is 1. The predicted molar refractivity (Wildman–Crippen MR) is 79.2 cm³/mol. The molecule has 0 aliphatic carbocycles. The van der Waals surface area contributed by atoms with Crippen LogP contribution in [0.1, 0.15) is 16.7 Å². The lowest BCUT2D eigenvalue weighted by molar-refractivity contribution is -0.120. The Morgan fingerprint density at radius 2 is 1.81 bits per heavy atom. The summed E-state index contributed by atoms with van der Waals surface area (Å²) < 4.78 is 5.67. The second-order valence-electron chi connectivity index (χ2n) is 4.65. The van der Waals surface area contributed by atoms with E-state index in [2.05, 4.69) is 5.43 Å². The molecule has 0 saturated carbocycles. The fourth-order valence-corrected chi connectivity index (χ4v) is 1.89. The largest absolute Gasteiger partial charge is 0.489 e.